The first-order chi connectivity index (χ1) is 8.17. The first-order valence-corrected chi connectivity index (χ1v) is 5.29. The smallest absolute Gasteiger partial charge is 0.229 e. The van der Waals surface area contributed by atoms with Crippen LogP contribution in [-0.4, -0.2) is 17.4 Å². The first-order valence-electron chi connectivity index (χ1n) is 5.29. The lowest BCUT2D eigenvalue weighted by atomic mass is 10.1. The van der Waals surface area contributed by atoms with Gasteiger partial charge in [-0.3, -0.25) is 9.69 Å². The summed E-state index contributed by atoms with van der Waals surface area (Å²) in [5.41, 5.74) is 1.26. The summed E-state index contributed by atoms with van der Waals surface area (Å²) in [6.07, 6.45) is 7.25. The Morgan fingerprint density at radius 2 is 2.41 bits per heavy atom. The SMILES string of the molecule is C#CC1CC(=O)N(c2nccc(C)c2C#N)C1. The Hall–Kier alpha value is -2.33. The Morgan fingerprint density at radius 1 is 1.65 bits per heavy atom. The van der Waals surface area contributed by atoms with Crippen LogP contribution >= 0.6 is 0 Å². The zero-order valence-electron chi connectivity index (χ0n) is 9.47. The molecular weight excluding hydrogens is 214 g/mol. The lowest BCUT2D eigenvalue weighted by Gasteiger charge is -2.16. The fourth-order valence-electron chi connectivity index (χ4n) is 1.91. The second kappa shape index (κ2) is 4.27. The number of nitriles is 1. The number of anilines is 1. The zero-order chi connectivity index (χ0) is 12.4. The fraction of sp³-hybridized carbons (Fsp3) is 0.308. The van der Waals surface area contributed by atoms with Gasteiger partial charge in [-0.15, -0.1) is 12.3 Å². The molecule has 1 aromatic rings. The number of amides is 1. The summed E-state index contributed by atoms with van der Waals surface area (Å²) in [4.78, 5) is 17.4. The van der Waals surface area contributed by atoms with Crippen molar-refractivity contribution in [3.05, 3.63) is 23.4 Å². The Kier molecular flexibility index (Phi) is 2.80. The number of aromatic nitrogens is 1. The molecule has 17 heavy (non-hydrogen) atoms. The molecule has 4 heteroatoms. The van der Waals surface area contributed by atoms with Crippen LogP contribution in [0.5, 0.6) is 0 Å². The van der Waals surface area contributed by atoms with Crippen molar-refractivity contribution in [1.82, 2.24) is 4.98 Å². The third kappa shape index (κ3) is 1.86. The molecule has 0 bridgehead atoms. The minimum atomic E-state index is -0.0867. The Balaban J connectivity index is 2.43. The van der Waals surface area contributed by atoms with E-state index < -0.39 is 0 Å². The third-order valence-corrected chi connectivity index (χ3v) is 2.87. The molecule has 1 fully saturated rings. The molecule has 0 spiro atoms. The van der Waals surface area contributed by atoms with Gasteiger partial charge in [0, 0.05) is 25.1 Å². The van der Waals surface area contributed by atoms with Crippen molar-refractivity contribution in [3.8, 4) is 18.4 Å². The van der Waals surface area contributed by atoms with Crippen LogP contribution in [-0.2, 0) is 4.79 Å². The van der Waals surface area contributed by atoms with E-state index in [0.717, 1.165) is 5.56 Å². The summed E-state index contributed by atoms with van der Waals surface area (Å²) in [6.45, 7) is 2.27. The molecule has 0 radical (unpaired) electrons. The van der Waals surface area contributed by atoms with Gasteiger partial charge in [0.25, 0.3) is 0 Å². The van der Waals surface area contributed by atoms with Crippen molar-refractivity contribution in [3.63, 3.8) is 0 Å². The summed E-state index contributed by atoms with van der Waals surface area (Å²) < 4.78 is 0. The molecular formula is C13H11N3O. The van der Waals surface area contributed by atoms with Gasteiger partial charge in [-0.25, -0.2) is 4.98 Å². The van der Waals surface area contributed by atoms with Crippen LogP contribution in [0.3, 0.4) is 0 Å². The van der Waals surface area contributed by atoms with Gasteiger partial charge in [-0.1, -0.05) is 0 Å². The summed E-state index contributed by atoms with van der Waals surface area (Å²) in [6, 6.07) is 3.84. The highest BCUT2D eigenvalue weighted by Gasteiger charge is 2.31. The maximum Gasteiger partial charge on any atom is 0.229 e. The van der Waals surface area contributed by atoms with Crippen LogP contribution in [0.2, 0.25) is 0 Å². The molecule has 1 aliphatic heterocycles. The maximum absolute atomic E-state index is 11.8. The Morgan fingerprint density at radius 3 is 3.00 bits per heavy atom. The molecule has 2 rings (SSSR count). The molecule has 1 unspecified atom stereocenters. The standard InChI is InChI=1S/C13H11N3O/c1-3-10-6-12(17)16(8-10)13-11(7-14)9(2)4-5-15-13/h1,4-5,10H,6,8H2,2H3. The predicted molar refractivity (Wildman–Crippen MR) is 63.0 cm³/mol. The Bertz CT molecular complexity index is 551. The van der Waals surface area contributed by atoms with E-state index in [4.69, 9.17) is 11.7 Å². The molecule has 0 N–H and O–H groups in total. The largest absolute Gasteiger partial charge is 0.294 e. The average Bonchev–Trinajstić information content (AvgIpc) is 2.70. The molecule has 1 aromatic heterocycles. The van der Waals surface area contributed by atoms with Gasteiger partial charge >= 0.3 is 0 Å². The first kappa shape index (κ1) is 11.2. The summed E-state index contributed by atoms with van der Waals surface area (Å²) in [7, 11) is 0. The van der Waals surface area contributed by atoms with E-state index in [1.165, 1.54) is 4.90 Å². The molecule has 4 nitrogen and oxygen atoms in total. The van der Waals surface area contributed by atoms with Gasteiger partial charge in [0.1, 0.15) is 6.07 Å². The van der Waals surface area contributed by atoms with E-state index in [2.05, 4.69) is 17.0 Å². The van der Waals surface area contributed by atoms with Crippen molar-refractivity contribution in [2.24, 2.45) is 5.92 Å². The van der Waals surface area contributed by atoms with Crippen LogP contribution in [0, 0.1) is 36.5 Å². The van der Waals surface area contributed by atoms with E-state index in [-0.39, 0.29) is 11.8 Å². The molecule has 84 valence electrons. The second-order valence-corrected chi connectivity index (χ2v) is 4.01. The minimum absolute atomic E-state index is 0.0671. The number of carbonyl (C=O) groups is 1. The van der Waals surface area contributed by atoms with Crippen LogP contribution in [0.25, 0.3) is 0 Å². The zero-order valence-corrected chi connectivity index (χ0v) is 9.47. The topological polar surface area (TPSA) is 57.0 Å². The molecule has 2 heterocycles. The molecule has 0 aliphatic carbocycles. The molecule has 1 amide bonds. The van der Waals surface area contributed by atoms with Crippen LogP contribution < -0.4 is 4.90 Å². The monoisotopic (exact) mass is 225 g/mol. The number of terminal acetylenes is 1. The highest BCUT2D eigenvalue weighted by Crippen LogP contribution is 2.26. The van der Waals surface area contributed by atoms with E-state index in [9.17, 15) is 4.79 Å². The van der Waals surface area contributed by atoms with Gasteiger partial charge in [-0.2, -0.15) is 5.26 Å². The van der Waals surface area contributed by atoms with Gasteiger partial charge in [-0.05, 0) is 18.6 Å². The molecule has 1 atom stereocenters. The lowest BCUT2D eigenvalue weighted by Crippen LogP contribution is -2.26. The van der Waals surface area contributed by atoms with Gasteiger partial charge in [0.15, 0.2) is 5.82 Å². The van der Waals surface area contributed by atoms with E-state index >= 15 is 0 Å². The maximum atomic E-state index is 11.8. The van der Waals surface area contributed by atoms with Crippen molar-refractivity contribution in [1.29, 1.82) is 5.26 Å². The van der Waals surface area contributed by atoms with E-state index in [0.29, 0.717) is 24.3 Å². The summed E-state index contributed by atoms with van der Waals surface area (Å²) in [5, 5.41) is 9.10. The van der Waals surface area contributed by atoms with Crippen molar-refractivity contribution < 1.29 is 4.79 Å². The van der Waals surface area contributed by atoms with Crippen LogP contribution in [0.1, 0.15) is 17.5 Å². The van der Waals surface area contributed by atoms with Crippen molar-refractivity contribution >= 4 is 11.7 Å². The number of carbonyl (C=O) groups excluding carboxylic acids is 1. The molecule has 0 saturated carbocycles. The average molecular weight is 225 g/mol. The lowest BCUT2D eigenvalue weighted by molar-refractivity contribution is -0.117. The van der Waals surface area contributed by atoms with E-state index in [1.807, 2.05) is 6.92 Å². The number of hydrogen-bond acceptors (Lipinski definition) is 3. The summed E-state index contributed by atoms with van der Waals surface area (Å²) in [5.74, 6) is 2.85. The normalized spacial score (nSPS) is 18.9. The predicted octanol–water partition coefficient (Wildman–Crippen LogP) is 1.25. The number of nitrogens with zero attached hydrogens (tertiary/aromatic N) is 3. The number of pyridine rings is 1. The molecule has 0 aromatic carbocycles. The third-order valence-electron chi connectivity index (χ3n) is 2.87. The van der Waals surface area contributed by atoms with Crippen LogP contribution in [0.15, 0.2) is 12.3 Å². The van der Waals surface area contributed by atoms with Crippen molar-refractivity contribution in [2.45, 2.75) is 13.3 Å². The number of rotatable bonds is 1. The van der Waals surface area contributed by atoms with Crippen molar-refractivity contribution in [2.75, 3.05) is 11.4 Å². The van der Waals surface area contributed by atoms with Gasteiger partial charge < -0.3 is 0 Å². The van der Waals surface area contributed by atoms with Crippen LogP contribution in [0.4, 0.5) is 5.82 Å². The molecule has 1 aliphatic rings. The summed E-state index contributed by atoms with van der Waals surface area (Å²) >= 11 is 0. The highest BCUT2D eigenvalue weighted by molar-refractivity contribution is 5.96. The number of hydrogen-bond donors (Lipinski definition) is 0. The molecule has 1 saturated heterocycles. The van der Waals surface area contributed by atoms with E-state index in [1.54, 1.807) is 12.3 Å². The number of aryl methyl sites for hydroxylation is 1. The fourth-order valence-corrected chi connectivity index (χ4v) is 1.91. The van der Waals surface area contributed by atoms with Gasteiger partial charge in [0.2, 0.25) is 5.91 Å². The second-order valence-electron chi connectivity index (χ2n) is 4.01. The quantitative estimate of drug-likeness (QED) is 0.676. The minimum Gasteiger partial charge on any atom is -0.294 e. The highest BCUT2D eigenvalue weighted by atomic mass is 16.2. The van der Waals surface area contributed by atoms with Gasteiger partial charge in [0.05, 0.1) is 5.56 Å². The Labute approximate surface area is 99.9 Å².